The average Bonchev–Trinajstić information content (AvgIpc) is 2.18. The molecule has 0 amide bonds. The Bertz CT molecular complexity index is 273. The Morgan fingerprint density at radius 1 is 1.36 bits per heavy atom. The summed E-state index contributed by atoms with van der Waals surface area (Å²) in [5.41, 5.74) is 2.58. The Labute approximate surface area is 85.3 Å². The van der Waals surface area contributed by atoms with Crippen molar-refractivity contribution in [3.63, 3.8) is 0 Å². The van der Waals surface area contributed by atoms with E-state index in [1.54, 1.807) is 0 Å². The first-order valence-electron chi connectivity index (χ1n) is 5.10. The molecule has 0 fully saturated rings. The molecule has 0 aliphatic heterocycles. The van der Waals surface area contributed by atoms with Gasteiger partial charge in [-0.25, -0.2) is 0 Å². The van der Waals surface area contributed by atoms with Crippen molar-refractivity contribution in [2.75, 3.05) is 13.2 Å². The van der Waals surface area contributed by atoms with E-state index in [4.69, 9.17) is 0 Å². The van der Waals surface area contributed by atoms with E-state index in [1.807, 2.05) is 12.1 Å². The molecule has 1 aromatic rings. The number of nitrogens with one attached hydrogen (secondary N) is 1. The molecule has 0 heterocycles. The molecule has 0 bridgehead atoms. The van der Waals surface area contributed by atoms with E-state index in [9.17, 15) is 4.39 Å². The minimum atomic E-state index is -0.243. The highest BCUT2D eigenvalue weighted by atomic mass is 19.1. The van der Waals surface area contributed by atoms with E-state index in [-0.39, 0.29) is 6.67 Å². The van der Waals surface area contributed by atoms with Gasteiger partial charge in [-0.15, -0.1) is 0 Å². The van der Waals surface area contributed by atoms with Crippen LogP contribution in [0.15, 0.2) is 24.3 Å². The maximum absolute atomic E-state index is 11.9. The van der Waals surface area contributed by atoms with E-state index >= 15 is 0 Å². The molecule has 0 unspecified atom stereocenters. The van der Waals surface area contributed by atoms with Crippen molar-refractivity contribution in [3.8, 4) is 0 Å². The van der Waals surface area contributed by atoms with E-state index in [1.165, 1.54) is 11.1 Å². The van der Waals surface area contributed by atoms with Crippen LogP contribution in [-0.4, -0.2) is 13.2 Å². The molecule has 0 spiro atoms. The highest BCUT2D eigenvalue weighted by Crippen LogP contribution is 2.16. The molecule has 0 aliphatic carbocycles. The fraction of sp³-hybridized carbons (Fsp3) is 0.500. The number of benzene rings is 1. The van der Waals surface area contributed by atoms with Crippen molar-refractivity contribution >= 4 is 0 Å². The third-order valence-electron chi connectivity index (χ3n) is 2.42. The summed E-state index contributed by atoms with van der Waals surface area (Å²) in [5.74, 6) is 0. The summed E-state index contributed by atoms with van der Waals surface area (Å²) in [5, 5.41) is 3.30. The molecule has 0 radical (unpaired) electrons. The summed E-state index contributed by atoms with van der Waals surface area (Å²) < 4.78 is 11.9. The predicted molar refractivity (Wildman–Crippen MR) is 58.2 cm³/mol. The summed E-state index contributed by atoms with van der Waals surface area (Å²) in [6.07, 6.45) is 0.593. The van der Waals surface area contributed by atoms with Crippen LogP contribution in [0, 0.1) is 6.92 Å². The summed E-state index contributed by atoms with van der Waals surface area (Å²) >= 11 is 0. The molecule has 1 aromatic carbocycles. The molecular weight excluding hydrogens is 177 g/mol. The van der Waals surface area contributed by atoms with Crippen molar-refractivity contribution in [3.05, 3.63) is 35.4 Å². The minimum absolute atomic E-state index is 0.243. The van der Waals surface area contributed by atoms with Gasteiger partial charge in [0.15, 0.2) is 0 Å². The van der Waals surface area contributed by atoms with Crippen molar-refractivity contribution in [2.24, 2.45) is 0 Å². The first-order valence-corrected chi connectivity index (χ1v) is 5.10. The summed E-state index contributed by atoms with van der Waals surface area (Å²) in [4.78, 5) is 0. The lowest BCUT2D eigenvalue weighted by molar-refractivity contribution is 0.445. The van der Waals surface area contributed by atoms with Gasteiger partial charge in [0.05, 0.1) is 6.67 Å². The SMILES string of the molecule is Cc1ccccc1[C@H](C)NCCCF. The maximum Gasteiger partial charge on any atom is 0.0906 e. The molecule has 0 aromatic heterocycles. The fourth-order valence-corrected chi connectivity index (χ4v) is 1.57. The number of hydrogen-bond acceptors (Lipinski definition) is 1. The van der Waals surface area contributed by atoms with E-state index in [0.717, 1.165) is 6.54 Å². The smallest absolute Gasteiger partial charge is 0.0906 e. The van der Waals surface area contributed by atoms with E-state index in [0.29, 0.717) is 12.5 Å². The van der Waals surface area contributed by atoms with Crippen LogP contribution in [0.2, 0.25) is 0 Å². The lowest BCUT2D eigenvalue weighted by Gasteiger charge is -2.15. The summed E-state index contributed by atoms with van der Waals surface area (Å²) in [6.45, 7) is 4.71. The lowest BCUT2D eigenvalue weighted by Crippen LogP contribution is -2.20. The van der Waals surface area contributed by atoms with Gasteiger partial charge in [-0.3, -0.25) is 4.39 Å². The van der Waals surface area contributed by atoms with Crippen LogP contribution in [-0.2, 0) is 0 Å². The Kier molecular flexibility index (Phi) is 4.60. The number of halogens is 1. The molecule has 0 saturated carbocycles. The van der Waals surface area contributed by atoms with Crippen molar-refractivity contribution in [1.82, 2.24) is 5.32 Å². The van der Waals surface area contributed by atoms with Crippen molar-refractivity contribution in [1.29, 1.82) is 0 Å². The largest absolute Gasteiger partial charge is 0.310 e. The van der Waals surface area contributed by atoms with Crippen LogP contribution in [0.1, 0.15) is 30.5 Å². The molecule has 0 saturated heterocycles. The summed E-state index contributed by atoms with van der Waals surface area (Å²) in [6, 6.07) is 8.59. The van der Waals surface area contributed by atoms with Gasteiger partial charge < -0.3 is 5.32 Å². The quantitative estimate of drug-likeness (QED) is 0.712. The zero-order chi connectivity index (χ0) is 10.4. The van der Waals surface area contributed by atoms with Gasteiger partial charge in [0.2, 0.25) is 0 Å². The minimum Gasteiger partial charge on any atom is -0.310 e. The number of hydrogen-bond donors (Lipinski definition) is 1. The number of aryl methyl sites for hydroxylation is 1. The molecular formula is C12H18FN. The zero-order valence-corrected chi connectivity index (χ0v) is 8.89. The Morgan fingerprint density at radius 2 is 2.07 bits per heavy atom. The maximum atomic E-state index is 11.9. The Balaban J connectivity index is 2.51. The monoisotopic (exact) mass is 195 g/mol. The van der Waals surface area contributed by atoms with Crippen LogP contribution < -0.4 is 5.32 Å². The van der Waals surface area contributed by atoms with Gasteiger partial charge in [0.25, 0.3) is 0 Å². The van der Waals surface area contributed by atoms with Crippen LogP contribution in [0.3, 0.4) is 0 Å². The molecule has 1 atom stereocenters. The Hall–Kier alpha value is -0.890. The third-order valence-corrected chi connectivity index (χ3v) is 2.42. The van der Waals surface area contributed by atoms with Crippen LogP contribution >= 0.6 is 0 Å². The normalized spacial score (nSPS) is 12.8. The molecule has 2 heteroatoms. The topological polar surface area (TPSA) is 12.0 Å². The molecule has 0 aliphatic rings. The zero-order valence-electron chi connectivity index (χ0n) is 8.89. The second-order valence-corrected chi connectivity index (χ2v) is 3.57. The van der Waals surface area contributed by atoms with Crippen LogP contribution in [0.4, 0.5) is 4.39 Å². The number of rotatable bonds is 5. The molecule has 14 heavy (non-hydrogen) atoms. The van der Waals surface area contributed by atoms with Gasteiger partial charge in [-0.2, -0.15) is 0 Å². The molecule has 1 N–H and O–H groups in total. The fourth-order valence-electron chi connectivity index (χ4n) is 1.57. The van der Waals surface area contributed by atoms with Crippen molar-refractivity contribution < 1.29 is 4.39 Å². The van der Waals surface area contributed by atoms with Gasteiger partial charge in [-0.1, -0.05) is 24.3 Å². The van der Waals surface area contributed by atoms with Crippen molar-refractivity contribution in [2.45, 2.75) is 26.3 Å². The highest BCUT2D eigenvalue weighted by molar-refractivity contribution is 5.28. The number of alkyl halides is 1. The first-order chi connectivity index (χ1) is 6.75. The van der Waals surface area contributed by atoms with E-state index in [2.05, 4.69) is 31.3 Å². The Morgan fingerprint density at radius 3 is 2.71 bits per heavy atom. The second kappa shape index (κ2) is 5.76. The lowest BCUT2D eigenvalue weighted by atomic mass is 10.0. The standard InChI is InChI=1S/C12H18FN/c1-10-6-3-4-7-12(10)11(2)14-9-5-8-13/h3-4,6-7,11,14H,5,8-9H2,1-2H3/t11-/m0/s1. The predicted octanol–water partition coefficient (Wildman–Crippen LogP) is 3.01. The molecule has 78 valence electrons. The molecule has 1 rings (SSSR count). The average molecular weight is 195 g/mol. The first kappa shape index (κ1) is 11.2. The third kappa shape index (κ3) is 3.11. The second-order valence-electron chi connectivity index (χ2n) is 3.57. The van der Waals surface area contributed by atoms with Crippen LogP contribution in [0.25, 0.3) is 0 Å². The highest BCUT2D eigenvalue weighted by Gasteiger charge is 2.05. The van der Waals surface area contributed by atoms with E-state index < -0.39 is 0 Å². The summed E-state index contributed by atoms with van der Waals surface area (Å²) in [7, 11) is 0. The van der Waals surface area contributed by atoms with Gasteiger partial charge in [0, 0.05) is 6.04 Å². The molecule has 1 nitrogen and oxygen atoms in total. The van der Waals surface area contributed by atoms with Gasteiger partial charge in [0.1, 0.15) is 0 Å². The van der Waals surface area contributed by atoms with Crippen LogP contribution in [0.5, 0.6) is 0 Å². The van der Waals surface area contributed by atoms with Gasteiger partial charge in [-0.05, 0) is 37.9 Å². The van der Waals surface area contributed by atoms with Gasteiger partial charge >= 0.3 is 0 Å².